The fourth-order valence-corrected chi connectivity index (χ4v) is 0.504. The van der Waals surface area contributed by atoms with Crippen LogP contribution in [0.1, 0.15) is 13.8 Å². The Kier molecular flexibility index (Phi) is 3.89. The molecule has 60 valence electrons. The maximum Gasteiger partial charge on any atom is 0.345 e. The minimum atomic E-state index is -1.01. The molecular weight excluding hydrogens is 144 g/mol. The average Bonchev–Trinajstić information content (AvgIpc) is 1.98. The van der Waals surface area contributed by atoms with Crippen LogP contribution in [0.2, 0.25) is 0 Å². The van der Waals surface area contributed by atoms with Crippen LogP contribution in [0.3, 0.4) is 0 Å². The van der Waals surface area contributed by atoms with Crippen molar-refractivity contribution in [3.63, 3.8) is 0 Å². The number of nitriles is 1. The van der Waals surface area contributed by atoms with E-state index in [0.717, 1.165) is 0 Å². The van der Waals surface area contributed by atoms with Gasteiger partial charge in [0.25, 0.3) is 0 Å². The van der Waals surface area contributed by atoms with E-state index in [2.05, 4.69) is 9.73 Å². The van der Waals surface area contributed by atoms with Crippen LogP contribution in [0.4, 0.5) is 0 Å². The monoisotopic (exact) mass is 154 g/mol. The van der Waals surface area contributed by atoms with E-state index in [0.29, 0.717) is 5.71 Å². The second-order valence-electron chi connectivity index (χ2n) is 2.13. The van der Waals surface area contributed by atoms with Gasteiger partial charge in [0, 0.05) is 5.71 Å². The third-order valence-electron chi connectivity index (χ3n) is 0.934. The van der Waals surface area contributed by atoms with Crippen LogP contribution in [-0.2, 0) is 9.53 Å². The molecule has 0 saturated heterocycles. The van der Waals surface area contributed by atoms with Gasteiger partial charge in [-0.15, -0.1) is 0 Å². The molecule has 0 N–H and O–H groups in total. The first kappa shape index (κ1) is 9.63. The number of rotatable bonds is 2. The Morgan fingerprint density at radius 1 is 1.64 bits per heavy atom. The van der Waals surface area contributed by atoms with Gasteiger partial charge in [0.1, 0.15) is 6.07 Å². The van der Waals surface area contributed by atoms with Gasteiger partial charge < -0.3 is 4.74 Å². The lowest BCUT2D eigenvalue weighted by Gasteiger charge is -2.00. The summed E-state index contributed by atoms with van der Waals surface area (Å²) in [7, 11) is 1.23. The number of nitrogens with zero attached hydrogens (tertiary/aromatic N) is 2. The second-order valence-corrected chi connectivity index (χ2v) is 2.13. The highest BCUT2D eigenvalue weighted by molar-refractivity contribution is 5.86. The molecule has 0 radical (unpaired) electrons. The van der Waals surface area contributed by atoms with E-state index in [9.17, 15) is 4.79 Å². The van der Waals surface area contributed by atoms with Crippen LogP contribution < -0.4 is 0 Å². The van der Waals surface area contributed by atoms with Crippen LogP contribution in [0, 0.1) is 11.3 Å². The summed E-state index contributed by atoms with van der Waals surface area (Å²) in [6.45, 7) is 3.43. The van der Waals surface area contributed by atoms with Gasteiger partial charge in [0.05, 0.1) is 7.11 Å². The summed E-state index contributed by atoms with van der Waals surface area (Å²) >= 11 is 0. The molecule has 4 nitrogen and oxygen atoms in total. The van der Waals surface area contributed by atoms with Gasteiger partial charge in [0.2, 0.25) is 6.04 Å². The Morgan fingerprint density at radius 3 is 2.45 bits per heavy atom. The summed E-state index contributed by atoms with van der Waals surface area (Å²) in [5.41, 5.74) is 0.682. The molecule has 1 atom stereocenters. The van der Waals surface area contributed by atoms with Gasteiger partial charge in [-0.25, -0.2) is 4.79 Å². The zero-order chi connectivity index (χ0) is 8.85. The topological polar surface area (TPSA) is 62.5 Å². The van der Waals surface area contributed by atoms with E-state index in [1.165, 1.54) is 7.11 Å². The van der Waals surface area contributed by atoms with Crippen molar-refractivity contribution in [1.82, 2.24) is 0 Å². The first-order chi connectivity index (χ1) is 5.11. The summed E-state index contributed by atoms with van der Waals surface area (Å²) in [4.78, 5) is 14.5. The predicted octanol–water partition coefficient (Wildman–Crippen LogP) is 0.532. The Balaban J connectivity index is 4.33. The smallest absolute Gasteiger partial charge is 0.345 e. The van der Waals surface area contributed by atoms with Gasteiger partial charge in [-0.3, -0.25) is 4.99 Å². The van der Waals surface area contributed by atoms with E-state index in [4.69, 9.17) is 5.26 Å². The maximum absolute atomic E-state index is 10.7. The van der Waals surface area contributed by atoms with Crippen molar-refractivity contribution in [3.05, 3.63) is 0 Å². The SMILES string of the molecule is COC(=O)C(C#N)N=C(C)C. The molecule has 0 bridgehead atoms. The van der Waals surface area contributed by atoms with Crippen molar-refractivity contribution >= 4 is 11.7 Å². The van der Waals surface area contributed by atoms with E-state index in [1.807, 2.05) is 0 Å². The fourth-order valence-electron chi connectivity index (χ4n) is 0.504. The fraction of sp³-hybridized carbons (Fsp3) is 0.571. The zero-order valence-corrected chi connectivity index (χ0v) is 6.79. The summed E-state index contributed by atoms with van der Waals surface area (Å²) in [6.07, 6.45) is 0. The molecule has 0 rings (SSSR count). The molecule has 0 aromatic rings. The van der Waals surface area contributed by atoms with Gasteiger partial charge in [-0.1, -0.05) is 0 Å². The Labute approximate surface area is 65.5 Å². The van der Waals surface area contributed by atoms with Crippen LogP contribution in [0.5, 0.6) is 0 Å². The van der Waals surface area contributed by atoms with Crippen LogP contribution in [0.25, 0.3) is 0 Å². The lowest BCUT2D eigenvalue weighted by molar-refractivity contribution is -0.140. The summed E-state index contributed by atoms with van der Waals surface area (Å²) in [5.74, 6) is -0.617. The number of esters is 1. The highest BCUT2D eigenvalue weighted by Gasteiger charge is 2.15. The molecule has 0 aromatic heterocycles. The standard InChI is InChI=1S/C7H10N2O2/c1-5(2)9-6(4-8)7(10)11-3/h6H,1-3H3. The quantitative estimate of drug-likeness (QED) is 0.430. The maximum atomic E-state index is 10.7. The molecule has 1 unspecified atom stereocenters. The number of hydrogen-bond donors (Lipinski definition) is 0. The van der Waals surface area contributed by atoms with Crippen molar-refractivity contribution in [2.24, 2.45) is 4.99 Å². The lowest BCUT2D eigenvalue weighted by Crippen LogP contribution is -2.18. The first-order valence-electron chi connectivity index (χ1n) is 3.10. The molecule has 0 aliphatic rings. The molecule has 0 aliphatic carbocycles. The molecule has 4 heteroatoms. The summed E-state index contributed by atoms with van der Waals surface area (Å²) < 4.78 is 4.34. The molecule has 0 spiro atoms. The lowest BCUT2D eigenvalue weighted by atomic mass is 10.3. The first-order valence-corrected chi connectivity index (χ1v) is 3.10. The van der Waals surface area contributed by atoms with Crippen molar-refractivity contribution in [3.8, 4) is 6.07 Å². The normalized spacial score (nSPS) is 11.1. The molecule has 0 saturated carbocycles. The molecule has 0 amide bonds. The van der Waals surface area contributed by atoms with Crippen molar-refractivity contribution < 1.29 is 9.53 Å². The minimum Gasteiger partial charge on any atom is -0.467 e. The average molecular weight is 154 g/mol. The summed E-state index contributed by atoms with van der Waals surface area (Å²) in [6, 6.07) is 0.713. The van der Waals surface area contributed by atoms with E-state index in [1.54, 1.807) is 19.9 Å². The highest BCUT2D eigenvalue weighted by atomic mass is 16.5. The van der Waals surface area contributed by atoms with Crippen LogP contribution in [0.15, 0.2) is 4.99 Å². The zero-order valence-electron chi connectivity index (χ0n) is 6.79. The number of carbonyl (C=O) groups is 1. The molecule has 0 aliphatic heterocycles. The van der Waals surface area contributed by atoms with E-state index >= 15 is 0 Å². The molecular formula is C7H10N2O2. The van der Waals surface area contributed by atoms with Gasteiger partial charge in [0.15, 0.2) is 0 Å². The van der Waals surface area contributed by atoms with E-state index in [-0.39, 0.29) is 0 Å². The number of aliphatic imine (C=N–C) groups is 1. The van der Waals surface area contributed by atoms with Crippen molar-refractivity contribution in [1.29, 1.82) is 5.26 Å². The molecule has 0 aromatic carbocycles. The largest absolute Gasteiger partial charge is 0.467 e. The van der Waals surface area contributed by atoms with Crippen molar-refractivity contribution in [2.75, 3.05) is 7.11 Å². The number of hydrogen-bond acceptors (Lipinski definition) is 4. The third kappa shape index (κ3) is 3.36. The van der Waals surface area contributed by atoms with E-state index < -0.39 is 12.0 Å². The Bertz CT molecular complexity index is 211. The molecule has 0 fully saturated rings. The molecule has 0 heterocycles. The third-order valence-corrected chi connectivity index (χ3v) is 0.934. The number of ether oxygens (including phenoxy) is 1. The second kappa shape index (κ2) is 4.45. The summed E-state index contributed by atoms with van der Waals surface area (Å²) in [5, 5.41) is 8.42. The predicted molar refractivity (Wildman–Crippen MR) is 40.2 cm³/mol. The van der Waals surface area contributed by atoms with Gasteiger partial charge in [-0.05, 0) is 13.8 Å². The van der Waals surface area contributed by atoms with Gasteiger partial charge in [-0.2, -0.15) is 5.26 Å². The minimum absolute atomic E-state index is 0.617. The Morgan fingerprint density at radius 2 is 2.18 bits per heavy atom. The molecule has 11 heavy (non-hydrogen) atoms. The van der Waals surface area contributed by atoms with Gasteiger partial charge >= 0.3 is 5.97 Å². The number of methoxy groups -OCH3 is 1. The Hall–Kier alpha value is -1.37. The highest BCUT2D eigenvalue weighted by Crippen LogP contribution is 1.93. The van der Waals surface area contributed by atoms with Crippen LogP contribution >= 0.6 is 0 Å². The van der Waals surface area contributed by atoms with Crippen molar-refractivity contribution in [2.45, 2.75) is 19.9 Å². The number of carbonyl (C=O) groups excluding carboxylic acids is 1. The van der Waals surface area contributed by atoms with Crippen LogP contribution in [-0.4, -0.2) is 24.8 Å².